The van der Waals surface area contributed by atoms with E-state index in [0.29, 0.717) is 50.7 Å². The summed E-state index contributed by atoms with van der Waals surface area (Å²) < 4.78 is 88.1. The standard InChI is InChI=1S/C30H32F3N3O3.C23H26F3N3O3.C2H6/c1-20(2)35-16-17-36-24(18-29(14-6-7-15-29)22-10-12-23(13-11-22)30(31,32)33)34-27(37)26(25(36)28(35)38)39-19-21-8-4-3-5-9-21;1-14(2)28-11-12-29-17(27-20(31)19(30)18(29)21(28)32)13-22(9-3-4-10-22)15-5-7-16(8-6-15)23(24,25)26;1-2/h3-5,8-13,20H,6-7,14-19H2,1-2H3;5-8,14,30H,3-4,9-13H2,1-2H3;1-2H3. The molecule has 12 nitrogen and oxygen atoms in total. The van der Waals surface area contributed by atoms with Gasteiger partial charge < -0.3 is 28.8 Å². The molecule has 5 aromatic rings. The number of carbonyl (C=O) groups excluding carboxylic acids is 2. The van der Waals surface area contributed by atoms with E-state index in [1.165, 1.54) is 12.1 Å². The second-order valence-electron chi connectivity index (χ2n) is 19.8. The number of carbonyl (C=O) groups is 2. The van der Waals surface area contributed by atoms with Crippen LogP contribution in [0.4, 0.5) is 26.3 Å². The molecular weight excluding hydrogens is 955 g/mol. The average molecular weight is 1020 g/mol. The van der Waals surface area contributed by atoms with E-state index in [9.17, 15) is 50.6 Å². The van der Waals surface area contributed by atoms with Crippen LogP contribution in [-0.2, 0) is 55.7 Å². The number of hydrogen-bond donors (Lipinski definition) is 1. The number of halogens is 6. The molecule has 2 aliphatic carbocycles. The van der Waals surface area contributed by atoms with Gasteiger partial charge in [-0.3, -0.25) is 19.2 Å². The molecule has 2 aromatic heterocycles. The van der Waals surface area contributed by atoms with Crippen LogP contribution in [0.1, 0.15) is 153 Å². The van der Waals surface area contributed by atoms with Crippen LogP contribution in [0.15, 0.2) is 88.5 Å². The number of benzene rings is 3. The minimum Gasteiger partial charge on any atom is -0.501 e. The lowest BCUT2D eigenvalue weighted by atomic mass is 9.75. The van der Waals surface area contributed by atoms with Crippen molar-refractivity contribution in [1.82, 2.24) is 28.9 Å². The van der Waals surface area contributed by atoms with Crippen molar-refractivity contribution in [2.45, 2.75) is 161 Å². The number of aromatic nitrogens is 4. The van der Waals surface area contributed by atoms with E-state index >= 15 is 0 Å². The first-order chi connectivity index (χ1) is 34.6. The number of ether oxygens (including phenoxy) is 1. The zero-order valence-corrected chi connectivity index (χ0v) is 42.2. The fraction of sp³-hybridized carbons (Fsp3) is 0.491. The second-order valence-corrected chi connectivity index (χ2v) is 19.8. The van der Waals surface area contributed by atoms with Crippen LogP contribution >= 0.6 is 0 Å². The third kappa shape index (κ3) is 11.4. The predicted octanol–water partition coefficient (Wildman–Crippen LogP) is 10.7. The summed E-state index contributed by atoms with van der Waals surface area (Å²) in [5.74, 6) is -0.552. The van der Waals surface area contributed by atoms with Crippen LogP contribution in [0, 0.1) is 0 Å². The Morgan fingerprint density at radius 1 is 0.575 bits per heavy atom. The minimum absolute atomic E-state index is 0.0551. The average Bonchev–Trinajstić information content (AvgIpc) is 4.05. The van der Waals surface area contributed by atoms with Gasteiger partial charge in [-0.1, -0.05) is 94.1 Å². The summed E-state index contributed by atoms with van der Waals surface area (Å²) in [5, 5.41) is 10.3. The molecule has 4 aliphatic rings. The lowest BCUT2D eigenvalue weighted by Crippen LogP contribution is -2.47. The maximum absolute atomic E-state index is 13.7. The van der Waals surface area contributed by atoms with Crippen molar-refractivity contribution in [1.29, 1.82) is 0 Å². The molecule has 18 heteroatoms. The topological polar surface area (TPSA) is 140 Å². The third-order valence-electron chi connectivity index (χ3n) is 14.8. The van der Waals surface area contributed by atoms with E-state index in [0.717, 1.165) is 92.3 Å². The molecule has 0 atom stereocenters. The molecule has 0 bridgehead atoms. The minimum atomic E-state index is -4.41. The van der Waals surface area contributed by atoms with Gasteiger partial charge in [-0.05, 0) is 94.3 Å². The fourth-order valence-corrected chi connectivity index (χ4v) is 11.0. The quantitative estimate of drug-likeness (QED) is 0.129. The predicted molar refractivity (Wildman–Crippen MR) is 264 cm³/mol. The lowest BCUT2D eigenvalue weighted by molar-refractivity contribution is -0.138. The van der Waals surface area contributed by atoms with Gasteiger partial charge in [0.05, 0.1) is 11.1 Å². The Morgan fingerprint density at radius 3 is 1.38 bits per heavy atom. The number of rotatable bonds is 11. The molecule has 3 aromatic carbocycles. The van der Waals surface area contributed by atoms with Gasteiger partial charge in [0.1, 0.15) is 18.3 Å². The molecule has 2 amide bonds. The summed E-state index contributed by atoms with van der Waals surface area (Å²) in [4.78, 5) is 64.3. The van der Waals surface area contributed by atoms with Gasteiger partial charge in [0.25, 0.3) is 11.8 Å². The van der Waals surface area contributed by atoms with E-state index in [1.807, 2.05) is 71.9 Å². The Bertz CT molecular complexity index is 2870. The molecule has 0 spiro atoms. The van der Waals surface area contributed by atoms with E-state index < -0.39 is 57.1 Å². The molecule has 2 saturated carbocycles. The molecular formula is C55H64F6N6O6. The van der Waals surface area contributed by atoms with Gasteiger partial charge in [0.15, 0.2) is 11.4 Å². The number of aromatic hydroxyl groups is 1. The normalized spacial score (nSPS) is 17.2. The second kappa shape index (κ2) is 21.9. The summed E-state index contributed by atoms with van der Waals surface area (Å²) in [5.41, 5.74) is -1.22. The van der Waals surface area contributed by atoms with Crippen molar-refractivity contribution in [3.63, 3.8) is 0 Å². The highest BCUT2D eigenvalue weighted by Crippen LogP contribution is 2.46. The van der Waals surface area contributed by atoms with Crippen LogP contribution in [0.25, 0.3) is 0 Å². The summed E-state index contributed by atoms with van der Waals surface area (Å²) in [6, 6.07) is 19.8. The zero-order chi connectivity index (χ0) is 53.0. The monoisotopic (exact) mass is 1020 g/mol. The van der Waals surface area contributed by atoms with Gasteiger partial charge in [-0.2, -0.15) is 36.3 Å². The molecule has 9 rings (SSSR count). The Morgan fingerprint density at radius 2 is 0.973 bits per heavy atom. The van der Waals surface area contributed by atoms with Crippen molar-refractivity contribution in [3.05, 3.63) is 150 Å². The van der Waals surface area contributed by atoms with Crippen molar-refractivity contribution in [3.8, 4) is 11.5 Å². The Labute approximate surface area is 421 Å². The molecule has 2 aliphatic heterocycles. The van der Waals surface area contributed by atoms with Crippen molar-refractivity contribution < 1.29 is 45.8 Å². The number of hydrogen-bond acceptors (Lipinski definition) is 8. The van der Waals surface area contributed by atoms with E-state index in [1.54, 1.807) is 31.1 Å². The van der Waals surface area contributed by atoms with Crippen LogP contribution in [0.5, 0.6) is 11.5 Å². The van der Waals surface area contributed by atoms with Crippen molar-refractivity contribution >= 4 is 11.8 Å². The van der Waals surface area contributed by atoms with E-state index in [2.05, 4.69) is 9.97 Å². The van der Waals surface area contributed by atoms with Gasteiger partial charge in [0.2, 0.25) is 11.5 Å². The first kappa shape index (κ1) is 54.3. The summed E-state index contributed by atoms with van der Waals surface area (Å²) in [6.45, 7) is 13.4. The van der Waals surface area contributed by atoms with Crippen LogP contribution < -0.4 is 15.9 Å². The van der Waals surface area contributed by atoms with Gasteiger partial charge in [-0.15, -0.1) is 0 Å². The van der Waals surface area contributed by atoms with E-state index in [4.69, 9.17) is 4.74 Å². The molecule has 73 heavy (non-hydrogen) atoms. The Balaban J connectivity index is 0.000000211. The van der Waals surface area contributed by atoms with E-state index in [-0.39, 0.29) is 41.7 Å². The van der Waals surface area contributed by atoms with Crippen LogP contribution in [0.3, 0.4) is 0 Å². The smallest absolute Gasteiger partial charge is 0.416 e. The van der Waals surface area contributed by atoms with Gasteiger partial charge in [0, 0.05) is 61.9 Å². The van der Waals surface area contributed by atoms with Crippen molar-refractivity contribution in [2.24, 2.45) is 0 Å². The summed E-state index contributed by atoms with van der Waals surface area (Å²) in [7, 11) is 0. The highest BCUT2D eigenvalue weighted by atomic mass is 19.4. The first-order valence-electron chi connectivity index (χ1n) is 25.2. The number of fused-ring (bicyclic) bond motifs is 2. The Hall–Kier alpha value is -6.46. The van der Waals surface area contributed by atoms with Crippen molar-refractivity contribution in [2.75, 3.05) is 13.1 Å². The highest BCUT2D eigenvalue weighted by molar-refractivity contribution is 5.96. The molecule has 392 valence electrons. The molecule has 0 radical (unpaired) electrons. The van der Waals surface area contributed by atoms with Gasteiger partial charge in [-0.25, -0.2) is 0 Å². The largest absolute Gasteiger partial charge is 0.501 e. The fourth-order valence-electron chi connectivity index (χ4n) is 11.0. The number of nitrogens with zero attached hydrogens (tertiary/aromatic N) is 6. The number of amides is 2. The molecule has 0 unspecified atom stereocenters. The molecule has 0 saturated heterocycles. The molecule has 4 heterocycles. The lowest BCUT2D eigenvalue weighted by Gasteiger charge is -2.36. The molecule has 2 fully saturated rings. The third-order valence-corrected chi connectivity index (χ3v) is 14.8. The summed E-state index contributed by atoms with van der Waals surface area (Å²) >= 11 is 0. The van der Waals surface area contributed by atoms with Gasteiger partial charge >= 0.3 is 23.5 Å². The maximum Gasteiger partial charge on any atom is 0.416 e. The van der Waals surface area contributed by atoms with Crippen LogP contribution in [0.2, 0.25) is 0 Å². The number of alkyl halides is 6. The van der Waals surface area contributed by atoms with Crippen LogP contribution in [-0.4, -0.2) is 71.0 Å². The zero-order valence-electron chi connectivity index (χ0n) is 42.2. The summed E-state index contributed by atoms with van der Waals surface area (Å²) in [6.07, 6.45) is -1.44. The maximum atomic E-state index is 13.7. The molecule has 1 N–H and O–H groups in total. The Kier molecular flexibility index (Phi) is 16.3. The highest BCUT2D eigenvalue weighted by Gasteiger charge is 2.43. The SMILES string of the molecule is CC.CC(C)N1CCn2c(CC3(c4ccc(C(F)(F)F)cc4)CCCC3)nc(=O)c(O)c2C1=O.CC(C)N1CCn2c(CC3(c4ccc(C(F)(F)F)cc4)CCCC3)nc(=O)c(OCc3ccccc3)c2C1=O. The first-order valence-corrected chi connectivity index (χ1v) is 25.2.